The first-order valence-corrected chi connectivity index (χ1v) is 8.33. The van der Waals surface area contributed by atoms with Gasteiger partial charge in [0.15, 0.2) is 0 Å². The standard InChI is InChI=1S/C18H13BrF3N3O/c1-25-9-13(17(8-20)24-25)18(26)23-16-5-3-11(21)7-12(16)10-2-4-14(19)15(22)6-10/h2-7,9H,8H2,1H3,(H,23,26). The van der Waals surface area contributed by atoms with Crippen LogP contribution in [0.15, 0.2) is 47.1 Å². The van der Waals surface area contributed by atoms with Crippen LogP contribution >= 0.6 is 15.9 Å². The van der Waals surface area contributed by atoms with Crippen molar-refractivity contribution >= 4 is 27.5 Å². The maximum Gasteiger partial charge on any atom is 0.259 e. The molecule has 1 amide bonds. The van der Waals surface area contributed by atoms with Crippen molar-refractivity contribution in [3.63, 3.8) is 0 Å². The molecular formula is C18H13BrF3N3O. The summed E-state index contributed by atoms with van der Waals surface area (Å²) in [7, 11) is 1.57. The number of halogens is 4. The second-order valence-corrected chi connectivity index (χ2v) is 6.42. The predicted molar refractivity (Wildman–Crippen MR) is 95.5 cm³/mol. The Labute approximate surface area is 155 Å². The number of carbonyl (C=O) groups excluding carboxylic acids is 1. The molecule has 26 heavy (non-hydrogen) atoms. The van der Waals surface area contributed by atoms with E-state index < -0.39 is 24.2 Å². The highest BCUT2D eigenvalue weighted by Gasteiger charge is 2.18. The van der Waals surface area contributed by atoms with Crippen LogP contribution in [0.2, 0.25) is 0 Å². The third-order valence-electron chi connectivity index (χ3n) is 3.74. The minimum absolute atomic E-state index is 0.00310. The van der Waals surface area contributed by atoms with Gasteiger partial charge in [0.05, 0.1) is 10.0 Å². The summed E-state index contributed by atoms with van der Waals surface area (Å²) in [4.78, 5) is 12.5. The van der Waals surface area contributed by atoms with Gasteiger partial charge >= 0.3 is 0 Å². The summed E-state index contributed by atoms with van der Waals surface area (Å²) in [6.07, 6.45) is 1.40. The summed E-state index contributed by atoms with van der Waals surface area (Å²) < 4.78 is 42.2. The van der Waals surface area contributed by atoms with Crippen molar-refractivity contribution in [2.24, 2.45) is 7.05 Å². The lowest BCUT2D eigenvalue weighted by atomic mass is 10.0. The Kier molecular flexibility index (Phi) is 5.13. The molecule has 0 spiro atoms. The molecule has 1 aromatic heterocycles. The summed E-state index contributed by atoms with van der Waals surface area (Å²) in [5.41, 5.74) is 1.04. The van der Waals surface area contributed by atoms with Crippen LogP contribution in [-0.2, 0) is 13.7 Å². The van der Waals surface area contributed by atoms with Gasteiger partial charge in [0, 0.05) is 24.5 Å². The molecule has 0 bridgehead atoms. The van der Waals surface area contributed by atoms with E-state index in [4.69, 9.17) is 0 Å². The molecule has 0 saturated carbocycles. The summed E-state index contributed by atoms with van der Waals surface area (Å²) >= 11 is 3.06. The second kappa shape index (κ2) is 7.33. The van der Waals surface area contributed by atoms with Gasteiger partial charge in [-0.15, -0.1) is 0 Å². The Bertz CT molecular complexity index is 988. The van der Waals surface area contributed by atoms with E-state index in [2.05, 4.69) is 26.3 Å². The summed E-state index contributed by atoms with van der Waals surface area (Å²) in [5.74, 6) is -1.64. The number of rotatable bonds is 4. The zero-order valence-electron chi connectivity index (χ0n) is 13.6. The van der Waals surface area contributed by atoms with E-state index in [0.717, 1.165) is 0 Å². The highest BCUT2D eigenvalue weighted by molar-refractivity contribution is 9.10. The molecule has 0 aliphatic rings. The van der Waals surface area contributed by atoms with Crippen molar-refractivity contribution in [1.29, 1.82) is 0 Å². The van der Waals surface area contributed by atoms with Gasteiger partial charge in [0.25, 0.3) is 5.91 Å². The zero-order chi connectivity index (χ0) is 18.8. The average molecular weight is 424 g/mol. The lowest BCUT2D eigenvalue weighted by molar-refractivity contribution is 0.102. The minimum atomic E-state index is -0.891. The van der Waals surface area contributed by atoms with Gasteiger partial charge in [-0.1, -0.05) is 6.07 Å². The topological polar surface area (TPSA) is 46.9 Å². The number of anilines is 1. The number of nitrogens with one attached hydrogen (secondary N) is 1. The van der Waals surface area contributed by atoms with E-state index in [1.807, 2.05) is 0 Å². The summed E-state index contributed by atoms with van der Waals surface area (Å²) in [5, 5.41) is 6.49. The molecule has 3 rings (SSSR count). The van der Waals surface area contributed by atoms with Gasteiger partial charge in [-0.25, -0.2) is 13.2 Å². The third kappa shape index (κ3) is 3.65. The third-order valence-corrected chi connectivity index (χ3v) is 4.38. The van der Waals surface area contributed by atoms with Crippen LogP contribution in [0.4, 0.5) is 18.9 Å². The number of aryl methyl sites for hydroxylation is 1. The molecular weight excluding hydrogens is 411 g/mol. The molecule has 8 heteroatoms. The number of amides is 1. The van der Waals surface area contributed by atoms with Gasteiger partial charge in [-0.3, -0.25) is 9.48 Å². The number of aromatic nitrogens is 2. The van der Waals surface area contributed by atoms with E-state index >= 15 is 0 Å². The van der Waals surface area contributed by atoms with Crippen molar-refractivity contribution < 1.29 is 18.0 Å². The average Bonchev–Trinajstić information content (AvgIpc) is 3.00. The first-order chi connectivity index (χ1) is 12.4. The number of hydrogen-bond acceptors (Lipinski definition) is 2. The molecule has 134 valence electrons. The van der Waals surface area contributed by atoms with Crippen molar-refractivity contribution in [1.82, 2.24) is 9.78 Å². The largest absolute Gasteiger partial charge is 0.321 e. The van der Waals surface area contributed by atoms with Crippen LogP contribution in [0, 0.1) is 11.6 Å². The molecule has 0 fully saturated rings. The molecule has 0 radical (unpaired) electrons. The highest BCUT2D eigenvalue weighted by Crippen LogP contribution is 2.31. The van der Waals surface area contributed by atoms with Crippen molar-refractivity contribution in [3.05, 3.63) is 70.0 Å². The smallest absolute Gasteiger partial charge is 0.259 e. The van der Waals surface area contributed by atoms with Crippen molar-refractivity contribution in [3.8, 4) is 11.1 Å². The summed E-state index contributed by atoms with van der Waals surface area (Å²) in [6, 6.07) is 8.04. The molecule has 0 aliphatic carbocycles. The lowest BCUT2D eigenvalue weighted by Crippen LogP contribution is -2.14. The Morgan fingerprint density at radius 1 is 1.23 bits per heavy atom. The van der Waals surface area contributed by atoms with Gasteiger partial charge in [-0.05, 0) is 51.8 Å². The van der Waals surface area contributed by atoms with Crippen LogP contribution in [0.1, 0.15) is 16.1 Å². The van der Waals surface area contributed by atoms with Crippen molar-refractivity contribution in [2.75, 3.05) is 5.32 Å². The molecule has 0 saturated heterocycles. The Morgan fingerprint density at radius 3 is 2.69 bits per heavy atom. The van der Waals surface area contributed by atoms with Gasteiger partial charge in [0.1, 0.15) is 24.0 Å². The maximum atomic E-state index is 13.8. The normalized spacial score (nSPS) is 10.8. The quantitative estimate of drug-likeness (QED) is 0.651. The van der Waals surface area contributed by atoms with Gasteiger partial charge < -0.3 is 5.32 Å². The highest BCUT2D eigenvalue weighted by atomic mass is 79.9. The van der Waals surface area contributed by atoms with E-state index in [1.165, 1.54) is 41.2 Å². The van der Waals surface area contributed by atoms with E-state index in [1.54, 1.807) is 13.1 Å². The number of alkyl halides is 1. The molecule has 4 nitrogen and oxygen atoms in total. The lowest BCUT2D eigenvalue weighted by Gasteiger charge is -2.12. The first kappa shape index (κ1) is 18.2. The van der Waals surface area contributed by atoms with Crippen LogP contribution in [0.3, 0.4) is 0 Å². The predicted octanol–water partition coefficient (Wildman–Crippen LogP) is 4.85. The fraction of sp³-hybridized carbons (Fsp3) is 0.111. The van der Waals surface area contributed by atoms with Gasteiger partial charge in [0.2, 0.25) is 0 Å². The number of nitrogens with zero attached hydrogens (tertiary/aromatic N) is 2. The minimum Gasteiger partial charge on any atom is -0.321 e. The molecule has 0 unspecified atom stereocenters. The first-order valence-electron chi connectivity index (χ1n) is 7.54. The molecule has 1 heterocycles. The molecule has 1 N–H and O–H groups in total. The number of benzene rings is 2. The van der Waals surface area contributed by atoms with E-state index in [0.29, 0.717) is 11.1 Å². The van der Waals surface area contributed by atoms with Crippen LogP contribution in [-0.4, -0.2) is 15.7 Å². The Balaban J connectivity index is 2.00. The monoisotopic (exact) mass is 423 g/mol. The second-order valence-electron chi connectivity index (χ2n) is 5.57. The molecule has 0 atom stereocenters. The molecule has 3 aromatic rings. The fourth-order valence-corrected chi connectivity index (χ4v) is 2.79. The van der Waals surface area contributed by atoms with Crippen LogP contribution in [0.25, 0.3) is 11.1 Å². The number of carbonyl (C=O) groups is 1. The van der Waals surface area contributed by atoms with Crippen molar-refractivity contribution in [2.45, 2.75) is 6.67 Å². The van der Waals surface area contributed by atoms with Crippen LogP contribution < -0.4 is 5.32 Å². The SMILES string of the molecule is Cn1cc(C(=O)Nc2ccc(F)cc2-c2ccc(Br)c(F)c2)c(CF)n1. The van der Waals surface area contributed by atoms with Gasteiger partial charge in [-0.2, -0.15) is 5.10 Å². The van der Waals surface area contributed by atoms with E-state index in [-0.39, 0.29) is 21.4 Å². The zero-order valence-corrected chi connectivity index (χ0v) is 15.1. The fourth-order valence-electron chi connectivity index (χ4n) is 2.54. The Hall–Kier alpha value is -2.61. The Morgan fingerprint density at radius 2 is 2.00 bits per heavy atom. The molecule has 0 aliphatic heterocycles. The van der Waals surface area contributed by atoms with E-state index in [9.17, 15) is 18.0 Å². The maximum absolute atomic E-state index is 13.8. The van der Waals surface area contributed by atoms with Crippen LogP contribution in [0.5, 0.6) is 0 Å². The number of hydrogen-bond donors (Lipinski definition) is 1. The molecule has 2 aromatic carbocycles. The summed E-state index contributed by atoms with van der Waals surface area (Å²) in [6.45, 7) is -0.891.